The number of thiophene rings is 1. The van der Waals surface area contributed by atoms with Crippen LogP contribution in [0.2, 0.25) is 0 Å². The molecule has 1 saturated heterocycles. The molecule has 0 unspecified atom stereocenters. The number of piperidine rings is 1. The molecule has 6 heteroatoms. The predicted molar refractivity (Wildman–Crippen MR) is 111 cm³/mol. The van der Waals surface area contributed by atoms with Gasteiger partial charge in [-0.05, 0) is 25.3 Å². The molecule has 140 valence electrons. The summed E-state index contributed by atoms with van der Waals surface area (Å²) in [6.45, 7) is 3.79. The fourth-order valence-corrected chi connectivity index (χ4v) is 4.66. The Labute approximate surface area is 163 Å². The first-order chi connectivity index (χ1) is 13.0. The van der Waals surface area contributed by atoms with Gasteiger partial charge in [0.1, 0.15) is 17.0 Å². The second-order valence-corrected chi connectivity index (χ2v) is 8.24. The van der Waals surface area contributed by atoms with E-state index in [-0.39, 0.29) is 11.8 Å². The van der Waals surface area contributed by atoms with Crippen LogP contribution in [-0.4, -0.2) is 48.0 Å². The SMILES string of the molecule is Cc1ccc(-c2csc3ncnc(N4CCC(C(=O)N(C)C)CC4)c23)cc1. The summed E-state index contributed by atoms with van der Waals surface area (Å²) in [6, 6.07) is 8.60. The Bertz CT molecular complexity index is 956. The van der Waals surface area contributed by atoms with Gasteiger partial charge in [0.25, 0.3) is 0 Å². The second kappa shape index (κ2) is 7.27. The van der Waals surface area contributed by atoms with Crippen LogP contribution < -0.4 is 4.90 Å². The minimum absolute atomic E-state index is 0.118. The highest BCUT2D eigenvalue weighted by molar-refractivity contribution is 7.17. The molecule has 3 heterocycles. The van der Waals surface area contributed by atoms with Crippen molar-refractivity contribution >= 4 is 33.3 Å². The van der Waals surface area contributed by atoms with E-state index in [2.05, 4.69) is 51.4 Å². The van der Waals surface area contributed by atoms with E-state index in [0.29, 0.717) is 0 Å². The summed E-state index contributed by atoms with van der Waals surface area (Å²) in [7, 11) is 3.67. The van der Waals surface area contributed by atoms with Crippen LogP contribution in [0.5, 0.6) is 0 Å². The number of benzene rings is 1. The molecule has 27 heavy (non-hydrogen) atoms. The van der Waals surface area contributed by atoms with E-state index in [1.807, 2.05) is 14.1 Å². The molecule has 0 saturated carbocycles. The van der Waals surface area contributed by atoms with Gasteiger partial charge in [-0.15, -0.1) is 11.3 Å². The topological polar surface area (TPSA) is 49.3 Å². The van der Waals surface area contributed by atoms with Crippen LogP contribution >= 0.6 is 11.3 Å². The Morgan fingerprint density at radius 1 is 1.15 bits per heavy atom. The average Bonchev–Trinajstić information content (AvgIpc) is 3.12. The molecule has 2 aromatic heterocycles. The first kappa shape index (κ1) is 17.9. The van der Waals surface area contributed by atoms with Gasteiger partial charge in [0.2, 0.25) is 5.91 Å². The molecule has 0 atom stereocenters. The summed E-state index contributed by atoms with van der Waals surface area (Å²) in [5.41, 5.74) is 3.64. The van der Waals surface area contributed by atoms with Crippen molar-refractivity contribution < 1.29 is 4.79 Å². The number of anilines is 1. The maximum Gasteiger partial charge on any atom is 0.225 e. The summed E-state index contributed by atoms with van der Waals surface area (Å²) in [5, 5.41) is 3.30. The van der Waals surface area contributed by atoms with Crippen LogP contribution in [0.25, 0.3) is 21.3 Å². The van der Waals surface area contributed by atoms with Crippen LogP contribution in [0.15, 0.2) is 36.0 Å². The molecular weight excluding hydrogens is 356 g/mol. The lowest BCUT2D eigenvalue weighted by Gasteiger charge is -2.33. The molecule has 0 spiro atoms. The Kier molecular flexibility index (Phi) is 4.83. The second-order valence-electron chi connectivity index (χ2n) is 7.39. The molecule has 5 nitrogen and oxygen atoms in total. The number of amides is 1. The highest BCUT2D eigenvalue weighted by Gasteiger charge is 2.28. The molecule has 1 aliphatic rings. The van der Waals surface area contributed by atoms with Crippen molar-refractivity contribution in [1.82, 2.24) is 14.9 Å². The molecule has 0 radical (unpaired) electrons. The Morgan fingerprint density at radius 2 is 1.85 bits per heavy atom. The maximum absolute atomic E-state index is 12.3. The standard InChI is InChI=1S/C21H24N4OS/c1-14-4-6-15(7-5-14)17-12-27-20-18(17)19(22-13-23-20)25-10-8-16(9-11-25)21(26)24(2)3/h4-7,12-13,16H,8-11H2,1-3H3. The van der Waals surface area contributed by atoms with Crippen molar-refractivity contribution in [2.75, 3.05) is 32.1 Å². The van der Waals surface area contributed by atoms with Gasteiger partial charge in [-0.25, -0.2) is 9.97 Å². The number of rotatable bonds is 3. The van der Waals surface area contributed by atoms with Crippen molar-refractivity contribution in [3.8, 4) is 11.1 Å². The first-order valence-corrected chi connectivity index (χ1v) is 10.2. The van der Waals surface area contributed by atoms with Crippen LogP contribution in [-0.2, 0) is 4.79 Å². The molecule has 1 aromatic carbocycles. The third kappa shape index (κ3) is 3.41. The van der Waals surface area contributed by atoms with Gasteiger partial charge in [0.15, 0.2) is 0 Å². The Morgan fingerprint density at radius 3 is 2.52 bits per heavy atom. The highest BCUT2D eigenvalue weighted by Crippen LogP contribution is 2.38. The highest BCUT2D eigenvalue weighted by atomic mass is 32.1. The van der Waals surface area contributed by atoms with Gasteiger partial charge in [-0.2, -0.15) is 0 Å². The van der Waals surface area contributed by atoms with Gasteiger partial charge < -0.3 is 9.80 Å². The van der Waals surface area contributed by atoms with E-state index in [1.165, 1.54) is 16.7 Å². The minimum Gasteiger partial charge on any atom is -0.356 e. The third-order valence-corrected chi connectivity index (χ3v) is 6.18. The number of carbonyl (C=O) groups is 1. The van der Waals surface area contributed by atoms with Gasteiger partial charge in [-0.1, -0.05) is 29.8 Å². The van der Waals surface area contributed by atoms with Crippen molar-refractivity contribution in [2.24, 2.45) is 5.92 Å². The Hall–Kier alpha value is -2.47. The lowest BCUT2D eigenvalue weighted by molar-refractivity contribution is -0.133. The van der Waals surface area contributed by atoms with Crippen LogP contribution in [0.3, 0.4) is 0 Å². The average molecular weight is 381 g/mol. The fourth-order valence-electron chi connectivity index (χ4n) is 3.75. The number of nitrogens with zero attached hydrogens (tertiary/aromatic N) is 4. The molecule has 0 N–H and O–H groups in total. The largest absolute Gasteiger partial charge is 0.356 e. The molecule has 0 aliphatic carbocycles. The number of hydrogen-bond donors (Lipinski definition) is 0. The number of hydrogen-bond acceptors (Lipinski definition) is 5. The van der Waals surface area contributed by atoms with Gasteiger partial charge in [0, 0.05) is 44.0 Å². The molecule has 3 aromatic rings. The van der Waals surface area contributed by atoms with E-state index in [4.69, 9.17) is 0 Å². The minimum atomic E-state index is 0.118. The number of fused-ring (bicyclic) bond motifs is 1. The van der Waals surface area contributed by atoms with Crippen molar-refractivity contribution in [2.45, 2.75) is 19.8 Å². The zero-order valence-corrected chi connectivity index (χ0v) is 16.8. The monoisotopic (exact) mass is 380 g/mol. The third-order valence-electron chi connectivity index (χ3n) is 5.30. The molecule has 0 bridgehead atoms. The molecule has 1 amide bonds. The van der Waals surface area contributed by atoms with Gasteiger partial charge in [0.05, 0.1) is 5.39 Å². The van der Waals surface area contributed by atoms with Crippen LogP contribution in [0, 0.1) is 12.8 Å². The zero-order valence-electron chi connectivity index (χ0n) is 16.0. The van der Waals surface area contributed by atoms with Crippen molar-refractivity contribution in [3.63, 3.8) is 0 Å². The van der Waals surface area contributed by atoms with E-state index in [0.717, 1.165) is 42.0 Å². The number of aryl methyl sites for hydroxylation is 1. The molecular formula is C21H24N4OS. The van der Waals surface area contributed by atoms with E-state index >= 15 is 0 Å². The Balaban J connectivity index is 1.66. The predicted octanol–water partition coefficient (Wildman–Crippen LogP) is 3.97. The zero-order chi connectivity index (χ0) is 19.0. The molecule has 1 fully saturated rings. The van der Waals surface area contributed by atoms with Crippen LogP contribution in [0.4, 0.5) is 5.82 Å². The first-order valence-electron chi connectivity index (χ1n) is 9.30. The van der Waals surface area contributed by atoms with E-state index in [9.17, 15) is 4.79 Å². The van der Waals surface area contributed by atoms with Gasteiger partial charge in [-0.3, -0.25) is 4.79 Å². The number of carbonyl (C=O) groups excluding carboxylic acids is 1. The maximum atomic E-state index is 12.3. The lowest BCUT2D eigenvalue weighted by Crippen LogP contribution is -2.40. The summed E-state index contributed by atoms with van der Waals surface area (Å²) in [4.78, 5) is 26.4. The van der Waals surface area contributed by atoms with Crippen molar-refractivity contribution in [3.05, 3.63) is 41.5 Å². The number of aromatic nitrogens is 2. The quantitative estimate of drug-likeness (QED) is 0.690. The van der Waals surface area contributed by atoms with Crippen LogP contribution in [0.1, 0.15) is 18.4 Å². The smallest absolute Gasteiger partial charge is 0.225 e. The van der Waals surface area contributed by atoms with Gasteiger partial charge >= 0.3 is 0 Å². The fraction of sp³-hybridized carbons (Fsp3) is 0.381. The summed E-state index contributed by atoms with van der Waals surface area (Å²) in [5.74, 6) is 1.35. The lowest BCUT2D eigenvalue weighted by atomic mass is 9.95. The van der Waals surface area contributed by atoms with E-state index in [1.54, 1.807) is 22.6 Å². The summed E-state index contributed by atoms with van der Waals surface area (Å²) in [6.07, 6.45) is 3.39. The van der Waals surface area contributed by atoms with E-state index < -0.39 is 0 Å². The molecule has 1 aliphatic heterocycles. The normalized spacial score (nSPS) is 15.3. The summed E-state index contributed by atoms with van der Waals surface area (Å²) < 4.78 is 0. The molecule has 4 rings (SSSR count). The van der Waals surface area contributed by atoms with Crippen molar-refractivity contribution in [1.29, 1.82) is 0 Å². The summed E-state index contributed by atoms with van der Waals surface area (Å²) >= 11 is 1.66.